The van der Waals surface area contributed by atoms with Crippen LogP contribution in [0.3, 0.4) is 0 Å². The van der Waals surface area contributed by atoms with Gasteiger partial charge in [-0.05, 0) is 86.1 Å². The van der Waals surface area contributed by atoms with Gasteiger partial charge < -0.3 is 4.42 Å². The largest absolute Gasteiger partial charge is 0.437 e. The summed E-state index contributed by atoms with van der Waals surface area (Å²) in [6, 6.07) is 19.1. The normalized spacial score (nSPS) is 11.7. The van der Waals surface area contributed by atoms with Crippen LogP contribution in [0.1, 0.15) is 54.9 Å². The molecule has 0 radical (unpaired) electrons. The van der Waals surface area contributed by atoms with Gasteiger partial charge in [0.25, 0.3) is 0 Å². The van der Waals surface area contributed by atoms with Gasteiger partial charge in [0.1, 0.15) is 5.58 Å². The van der Waals surface area contributed by atoms with E-state index in [1.54, 1.807) is 0 Å². The second kappa shape index (κ2) is 8.47. The summed E-state index contributed by atoms with van der Waals surface area (Å²) >= 11 is 0. The quantitative estimate of drug-likeness (QED) is 0.278. The van der Waals surface area contributed by atoms with Crippen LogP contribution in [-0.2, 0) is 0 Å². The first-order chi connectivity index (χ1) is 16.0. The molecule has 5 rings (SSSR count). The van der Waals surface area contributed by atoms with E-state index in [0.717, 1.165) is 46.1 Å². The number of rotatable bonds is 5. The first-order valence-corrected chi connectivity index (χ1v) is 11.9. The second-order valence-corrected chi connectivity index (χ2v) is 9.04. The third-order valence-corrected chi connectivity index (χ3v) is 6.95. The SMILES string of the molecule is CCC(CC)c1cc(-c2cccc3c2oc2nc(-c4c(C)cccc4C)ccc23)ncc1C. The molecule has 3 nitrogen and oxygen atoms in total. The highest BCUT2D eigenvalue weighted by Crippen LogP contribution is 2.37. The van der Waals surface area contributed by atoms with E-state index < -0.39 is 0 Å². The van der Waals surface area contributed by atoms with Gasteiger partial charge in [0.05, 0.1) is 11.4 Å². The van der Waals surface area contributed by atoms with Gasteiger partial charge in [0.15, 0.2) is 0 Å². The monoisotopic (exact) mass is 434 g/mol. The van der Waals surface area contributed by atoms with Gasteiger partial charge in [-0.3, -0.25) is 4.98 Å². The van der Waals surface area contributed by atoms with Crippen LogP contribution in [-0.4, -0.2) is 9.97 Å². The van der Waals surface area contributed by atoms with Crippen molar-refractivity contribution in [3.63, 3.8) is 0 Å². The van der Waals surface area contributed by atoms with E-state index in [4.69, 9.17) is 14.4 Å². The zero-order chi connectivity index (χ0) is 23.1. The van der Waals surface area contributed by atoms with Crippen molar-refractivity contribution in [2.24, 2.45) is 0 Å². The predicted molar refractivity (Wildman–Crippen MR) is 138 cm³/mol. The Morgan fingerprint density at radius 1 is 0.788 bits per heavy atom. The molecule has 3 heteroatoms. The van der Waals surface area contributed by atoms with Crippen LogP contribution in [0, 0.1) is 20.8 Å². The van der Waals surface area contributed by atoms with E-state index in [-0.39, 0.29) is 0 Å². The van der Waals surface area contributed by atoms with Crippen LogP contribution in [0.15, 0.2) is 65.2 Å². The Hall–Kier alpha value is -3.46. The summed E-state index contributed by atoms with van der Waals surface area (Å²) in [4.78, 5) is 9.73. The van der Waals surface area contributed by atoms with Crippen LogP contribution in [0.4, 0.5) is 0 Å². The van der Waals surface area contributed by atoms with Gasteiger partial charge >= 0.3 is 0 Å². The first kappa shape index (κ1) is 21.4. The first-order valence-electron chi connectivity index (χ1n) is 11.9. The number of fused-ring (bicyclic) bond motifs is 3. The molecule has 0 bridgehead atoms. The van der Waals surface area contributed by atoms with E-state index in [2.05, 4.69) is 89.2 Å². The Kier molecular flexibility index (Phi) is 5.49. The smallest absolute Gasteiger partial charge is 0.227 e. The predicted octanol–water partition coefficient (Wildman–Crippen LogP) is 8.54. The number of aromatic nitrogens is 2. The molecule has 0 saturated carbocycles. The summed E-state index contributed by atoms with van der Waals surface area (Å²) < 4.78 is 6.41. The highest BCUT2D eigenvalue weighted by molar-refractivity contribution is 6.08. The molecular formula is C30H30N2O. The maximum Gasteiger partial charge on any atom is 0.227 e. The fraction of sp³-hybridized carbons (Fsp3) is 0.267. The number of nitrogens with zero attached hydrogens (tertiary/aromatic N) is 2. The minimum absolute atomic E-state index is 0.545. The van der Waals surface area contributed by atoms with Gasteiger partial charge in [-0.1, -0.05) is 44.2 Å². The van der Waals surface area contributed by atoms with Crippen molar-refractivity contribution < 1.29 is 4.42 Å². The Bertz CT molecular complexity index is 1450. The molecule has 0 aliphatic rings. The van der Waals surface area contributed by atoms with E-state index >= 15 is 0 Å². The van der Waals surface area contributed by atoms with Gasteiger partial charge in [0, 0.05) is 28.1 Å². The molecule has 0 aliphatic carbocycles. The van der Waals surface area contributed by atoms with E-state index in [0.29, 0.717) is 11.6 Å². The van der Waals surface area contributed by atoms with Crippen LogP contribution >= 0.6 is 0 Å². The van der Waals surface area contributed by atoms with Gasteiger partial charge in [-0.25, -0.2) is 4.98 Å². The summed E-state index contributed by atoms with van der Waals surface area (Å²) in [7, 11) is 0. The summed E-state index contributed by atoms with van der Waals surface area (Å²) in [5, 5.41) is 2.11. The average molecular weight is 435 g/mol. The number of pyridine rings is 2. The summed E-state index contributed by atoms with van der Waals surface area (Å²) in [6.07, 6.45) is 4.25. The Balaban J connectivity index is 1.69. The lowest BCUT2D eigenvalue weighted by atomic mass is 9.90. The van der Waals surface area contributed by atoms with Crippen LogP contribution < -0.4 is 0 Å². The number of para-hydroxylation sites is 1. The average Bonchev–Trinajstić information content (AvgIpc) is 3.19. The fourth-order valence-electron chi connectivity index (χ4n) is 5.09. The minimum atomic E-state index is 0.545. The second-order valence-electron chi connectivity index (χ2n) is 9.04. The topological polar surface area (TPSA) is 38.9 Å². The number of furan rings is 1. The molecule has 0 unspecified atom stereocenters. The minimum Gasteiger partial charge on any atom is -0.437 e. The van der Waals surface area contributed by atoms with Gasteiger partial charge in [0.2, 0.25) is 5.71 Å². The standard InChI is InChI=1S/C30H30N2O/c1-6-21(7-2)25-16-27(31-17-20(25)5)24-13-9-12-22-23-14-15-26(32-30(23)33-29(22)24)28-18(3)10-8-11-19(28)4/h8-17,21H,6-7H2,1-5H3. The van der Waals surface area contributed by atoms with Crippen LogP contribution in [0.2, 0.25) is 0 Å². The van der Waals surface area contributed by atoms with Crippen molar-refractivity contribution in [2.45, 2.75) is 53.4 Å². The molecule has 0 spiro atoms. The molecule has 0 saturated heterocycles. The van der Waals surface area contributed by atoms with E-state index in [9.17, 15) is 0 Å². The molecule has 0 fully saturated rings. The fourth-order valence-corrected chi connectivity index (χ4v) is 5.09. The number of hydrogen-bond acceptors (Lipinski definition) is 3. The Morgan fingerprint density at radius 3 is 2.24 bits per heavy atom. The lowest BCUT2D eigenvalue weighted by Gasteiger charge is -2.16. The molecule has 0 N–H and O–H groups in total. The Labute approximate surface area is 195 Å². The molecule has 166 valence electrons. The van der Waals surface area contributed by atoms with E-state index in [1.165, 1.54) is 27.8 Å². The van der Waals surface area contributed by atoms with E-state index in [1.807, 2.05) is 6.20 Å². The van der Waals surface area contributed by atoms with Gasteiger partial charge in [-0.2, -0.15) is 0 Å². The lowest BCUT2D eigenvalue weighted by Crippen LogP contribution is -2.00. The maximum absolute atomic E-state index is 6.41. The van der Waals surface area contributed by atoms with Crippen LogP contribution in [0.5, 0.6) is 0 Å². The number of aryl methyl sites for hydroxylation is 3. The molecular weight excluding hydrogens is 404 g/mol. The van der Waals surface area contributed by atoms with Crippen molar-refractivity contribution in [3.05, 3.63) is 83.0 Å². The van der Waals surface area contributed by atoms with Crippen molar-refractivity contribution in [3.8, 4) is 22.5 Å². The highest BCUT2D eigenvalue weighted by Gasteiger charge is 2.18. The van der Waals surface area contributed by atoms with Crippen molar-refractivity contribution in [2.75, 3.05) is 0 Å². The molecule has 3 heterocycles. The molecule has 2 aromatic carbocycles. The molecule has 0 amide bonds. The van der Waals surface area contributed by atoms with Crippen molar-refractivity contribution in [1.82, 2.24) is 9.97 Å². The zero-order valence-corrected chi connectivity index (χ0v) is 20.1. The van der Waals surface area contributed by atoms with Gasteiger partial charge in [-0.15, -0.1) is 0 Å². The zero-order valence-electron chi connectivity index (χ0n) is 20.1. The molecule has 0 atom stereocenters. The lowest BCUT2D eigenvalue weighted by molar-refractivity contribution is 0.637. The number of hydrogen-bond donors (Lipinski definition) is 0. The van der Waals surface area contributed by atoms with Crippen molar-refractivity contribution in [1.29, 1.82) is 0 Å². The third-order valence-electron chi connectivity index (χ3n) is 6.95. The van der Waals surface area contributed by atoms with Crippen molar-refractivity contribution >= 4 is 22.1 Å². The molecule has 0 aliphatic heterocycles. The highest BCUT2D eigenvalue weighted by atomic mass is 16.3. The summed E-state index contributed by atoms with van der Waals surface area (Å²) in [5.74, 6) is 0.545. The molecule has 3 aromatic heterocycles. The number of benzene rings is 2. The van der Waals surface area contributed by atoms with Crippen LogP contribution in [0.25, 0.3) is 44.6 Å². The maximum atomic E-state index is 6.41. The Morgan fingerprint density at radius 2 is 1.52 bits per heavy atom. The summed E-state index contributed by atoms with van der Waals surface area (Å²) in [6.45, 7) is 10.9. The molecule has 33 heavy (non-hydrogen) atoms. The summed E-state index contributed by atoms with van der Waals surface area (Å²) in [5.41, 5.74) is 10.7. The third kappa shape index (κ3) is 3.62. The molecule has 5 aromatic rings.